The first kappa shape index (κ1) is 12.9. The molecule has 0 aromatic carbocycles. The van der Waals surface area contributed by atoms with Gasteiger partial charge in [-0.15, -0.1) is 6.58 Å². The lowest BCUT2D eigenvalue weighted by Gasteiger charge is -2.14. The van der Waals surface area contributed by atoms with E-state index in [1.54, 1.807) is 24.4 Å². The molecule has 5 nitrogen and oxygen atoms in total. The van der Waals surface area contributed by atoms with Crippen molar-refractivity contribution in [3.63, 3.8) is 0 Å². The molecule has 0 aliphatic heterocycles. The Kier molecular flexibility index (Phi) is 4.87. The summed E-state index contributed by atoms with van der Waals surface area (Å²) in [6.45, 7) is 3.80. The minimum atomic E-state index is -1.02. The average Bonchev–Trinajstić information content (AvgIpc) is 2.34. The van der Waals surface area contributed by atoms with E-state index < -0.39 is 11.9 Å². The predicted molar refractivity (Wildman–Crippen MR) is 62.4 cm³/mol. The van der Waals surface area contributed by atoms with E-state index in [4.69, 9.17) is 5.11 Å². The maximum atomic E-state index is 11.8. The summed E-state index contributed by atoms with van der Waals surface area (Å²) in [4.78, 5) is 26.4. The quantitative estimate of drug-likeness (QED) is 0.718. The maximum Gasteiger partial charge on any atom is 0.304 e. The lowest BCUT2D eigenvalue weighted by molar-refractivity contribution is -0.139. The molecule has 0 fully saturated rings. The molecule has 1 rings (SSSR count). The van der Waals surface area contributed by atoms with Crippen molar-refractivity contribution < 1.29 is 14.7 Å². The van der Waals surface area contributed by atoms with Gasteiger partial charge in [-0.2, -0.15) is 0 Å². The Hall–Kier alpha value is -2.17. The van der Waals surface area contributed by atoms with Crippen LogP contribution in [0.25, 0.3) is 0 Å². The predicted octanol–water partition coefficient (Wildman–Crippen LogP) is 0.942. The molecule has 0 saturated carbocycles. The van der Waals surface area contributed by atoms with Crippen molar-refractivity contribution in [1.29, 1.82) is 0 Å². The number of carbonyl (C=O) groups excluding carboxylic acids is 1. The van der Waals surface area contributed by atoms with Crippen LogP contribution in [0.5, 0.6) is 0 Å². The zero-order chi connectivity index (χ0) is 12.7. The molecule has 1 aromatic rings. The van der Waals surface area contributed by atoms with E-state index in [9.17, 15) is 9.59 Å². The number of amides is 1. The first-order chi connectivity index (χ1) is 8.15. The Labute approximate surface area is 99.2 Å². The highest BCUT2D eigenvalue weighted by Gasteiger charge is 2.23. The number of rotatable bonds is 6. The van der Waals surface area contributed by atoms with Gasteiger partial charge in [0.25, 0.3) is 0 Å². The van der Waals surface area contributed by atoms with Crippen molar-refractivity contribution >= 4 is 11.9 Å². The van der Waals surface area contributed by atoms with Gasteiger partial charge in [0, 0.05) is 18.9 Å². The lowest BCUT2D eigenvalue weighted by Crippen LogP contribution is -2.30. The van der Waals surface area contributed by atoms with Crippen LogP contribution < -0.4 is 5.32 Å². The molecule has 1 amide bonds. The third-order valence-electron chi connectivity index (χ3n) is 2.20. The summed E-state index contributed by atoms with van der Waals surface area (Å²) in [5.41, 5.74) is 0.594. The molecule has 1 aromatic heterocycles. The standard InChI is InChI=1S/C12H14N2O3/c1-2-5-14-12(17)10(7-11(15)16)9-4-3-6-13-8-9/h2-4,6,8,10H,1,5,7H2,(H,14,17)(H,15,16). The summed E-state index contributed by atoms with van der Waals surface area (Å²) >= 11 is 0. The molecule has 5 heteroatoms. The number of pyridine rings is 1. The minimum Gasteiger partial charge on any atom is -0.481 e. The van der Waals surface area contributed by atoms with E-state index in [0.717, 1.165) is 0 Å². The summed E-state index contributed by atoms with van der Waals surface area (Å²) in [5.74, 6) is -2.07. The van der Waals surface area contributed by atoms with Crippen LogP contribution in [-0.4, -0.2) is 28.5 Å². The molecular weight excluding hydrogens is 220 g/mol. The van der Waals surface area contributed by atoms with Crippen LogP contribution in [0.15, 0.2) is 37.2 Å². The van der Waals surface area contributed by atoms with E-state index in [2.05, 4.69) is 16.9 Å². The van der Waals surface area contributed by atoms with Crippen molar-refractivity contribution in [2.45, 2.75) is 12.3 Å². The Morgan fingerprint density at radius 3 is 2.88 bits per heavy atom. The number of carboxylic acids is 1. The third kappa shape index (κ3) is 4.06. The number of nitrogens with one attached hydrogen (secondary N) is 1. The van der Waals surface area contributed by atoms with Gasteiger partial charge >= 0.3 is 5.97 Å². The van der Waals surface area contributed by atoms with Gasteiger partial charge in [0.1, 0.15) is 0 Å². The minimum absolute atomic E-state index is 0.255. The van der Waals surface area contributed by atoms with Crippen LogP contribution in [0, 0.1) is 0 Å². The van der Waals surface area contributed by atoms with E-state index in [1.807, 2.05) is 0 Å². The molecule has 0 radical (unpaired) electrons. The molecule has 1 atom stereocenters. The van der Waals surface area contributed by atoms with Gasteiger partial charge in [0.05, 0.1) is 12.3 Å². The van der Waals surface area contributed by atoms with Crippen molar-refractivity contribution in [3.05, 3.63) is 42.7 Å². The van der Waals surface area contributed by atoms with Crippen LogP contribution in [0.3, 0.4) is 0 Å². The van der Waals surface area contributed by atoms with Crippen LogP contribution >= 0.6 is 0 Å². The Morgan fingerprint density at radius 2 is 2.35 bits per heavy atom. The largest absolute Gasteiger partial charge is 0.481 e. The number of carbonyl (C=O) groups is 2. The second-order valence-electron chi connectivity index (χ2n) is 3.47. The molecular formula is C12H14N2O3. The monoisotopic (exact) mass is 234 g/mol. The summed E-state index contributed by atoms with van der Waals surface area (Å²) in [7, 11) is 0. The fourth-order valence-electron chi connectivity index (χ4n) is 1.41. The first-order valence-corrected chi connectivity index (χ1v) is 5.15. The summed E-state index contributed by atoms with van der Waals surface area (Å²) < 4.78 is 0. The second kappa shape index (κ2) is 6.42. The highest BCUT2D eigenvalue weighted by Crippen LogP contribution is 2.18. The van der Waals surface area contributed by atoms with Crippen molar-refractivity contribution in [2.75, 3.05) is 6.54 Å². The number of hydrogen-bond donors (Lipinski definition) is 2. The van der Waals surface area contributed by atoms with Gasteiger partial charge in [-0.1, -0.05) is 12.1 Å². The van der Waals surface area contributed by atoms with Crippen LogP contribution in [0.1, 0.15) is 17.9 Å². The molecule has 90 valence electrons. The molecule has 1 heterocycles. The zero-order valence-corrected chi connectivity index (χ0v) is 9.30. The average molecular weight is 234 g/mol. The Balaban J connectivity index is 2.84. The fraction of sp³-hybridized carbons (Fsp3) is 0.250. The topological polar surface area (TPSA) is 79.3 Å². The fourth-order valence-corrected chi connectivity index (χ4v) is 1.41. The highest BCUT2D eigenvalue weighted by atomic mass is 16.4. The highest BCUT2D eigenvalue weighted by molar-refractivity contribution is 5.87. The normalized spacial score (nSPS) is 11.5. The number of aromatic nitrogens is 1. The second-order valence-corrected chi connectivity index (χ2v) is 3.47. The van der Waals surface area contributed by atoms with Gasteiger partial charge in [0.15, 0.2) is 0 Å². The van der Waals surface area contributed by atoms with Crippen molar-refractivity contribution in [1.82, 2.24) is 10.3 Å². The van der Waals surface area contributed by atoms with E-state index in [0.29, 0.717) is 12.1 Å². The Bertz CT molecular complexity index is 403. The number of carboxylic acid groups (broad SMARTS) is 1. The maximum absolute atomic E-state index is 11.8. The molecule has 17 heavy (non-hydrogen) atoms. The molecule has 2 N–H and O–H groups in total. The van der Waals surface area contributed by atoms with Gasteiger partial charge in [-0.05, 0) is 11.6 Å². The molecule has 0 saturated heterocycles. The van der Waals surface area contributed by atoms with Gasteiger partial charge in [-0.25, -0.2) is 0 Å². The van der Waals surface area contributed by atoms with Gasteiger partial charge in [-0.3, -0.25) is 14.6 Å². The van der Waals surface area contributed by atoms with Gasteiger partial charge < -0.3 is 10.4 Å². The lowest BCUT2D eigenvalue weighted by atomic mass is 9.96. The van der Waals surface area contributed by atoms with Crippen LogP contribution in [0.2, 0.25) is 0 Å². The van der Waals surface area contributed by atoms with E-state index in [-0.39, 0.29) is 12.3 Å². The first-order valence-electron chi connectivity index (χ1n) is 5.15. The SMILES string of the molecule is C=CCNC(=O)C(CC(=O)O)c1cccnc1. The molecule has 1 unspecified atom stereocenters. The van der Waals surface area contributed by atoms with Crippen molar-refractivity contribution in [2.24, 2.45) is 0 Å². The Morgan fingerprint density at radius 1 is 1.59 bits per heavy atom. The van der Waals surface area contributed by atoms with Crippen LogP contribution in [-0.2, 0) is 9.59 Å². The van der Waals surface area contributed by atoms with E-state index in [1.165, 1.54) is 6.20 Å². The van der Waals surface area contributed by atoms with Crippen molar-refractivity contribution in [3.8, 4) is 0 Å². The molecule has 0 aliphatic carbocycles. The number of nitrogens with zero attached hydrogens (tertiary/aromatic N) is 1. The van der Waals surface area contributed by atoms with E-state index >= 15 is 0 Å². The van der Waals surface area contributed by atoms with Gasteiger partial charge in [0.2, 0.25) is 5.91 Å². The number of aliphatic carboxylic acids is 1. The smallest absolute Gasteiger partial charge is 0.304 e. The molecule has 0 spiro atoms. The molecule has 0 bridgehead atoms. The zero-order valence-electron chi connectivity index (χ0n) is 9.30. The summed E-state index contributed by atoms with van der Waals surface area (Å²) in [6, 6.07) is 3.36. The molecule has 0 aliphatic rings. The summed E-state index contributed by atoms with van der Waals surface area (Å²) in [6.07, 6.45) is 4.36. The third-order valence-corrected chi connectivity index (χ3v) is 2.20. The summed E-state index contributed by atoms with van der Waals surface area (Å²) in [5, 5.41) is 11.4. The van der Waals surface area contributed by atoms with Crippen LogP contribution in [0.4, 0.5) is 0 Å². The number of hydrogen-bond acceptors (Lipinski definition) is 3.